The molecule has 0 saturated carbocycles. The molecule has 0 bridgehead atoms. The van der Waals surface area contributed by atoms with E-state index in [1.165, 1.54) is 0 Å². The lowest BCUT2D eigenvalue weighted by atomic mass is 9.97. The number of hydrogen-bond acceptors (Lipinski definition) is 6. The number of nitrogens with one attached hydrogen (secondary N) is 1. The van der Waals surface area contributed by atoms with E-state index in [1.807, 2.05) is 54.7 Å². The van der Waals surface area contributed by atoms with E-state index in [9.17, 15) is 15.0 Å². The highest BCUT2D eigenvalue weighted by Gasteiger charge is 2.32. The number of amides is 1. The average Bonchev–Trinajstić information content (AvgIpc) is 3.43. The number of rotatable bonds is 5. The Morgan fingerprint density at radius 1 is 1.18 bits per heavy atom. The molecule has 1 aliphatic heterocycles. The highest BCUT2D eigenvalue weighted by Crippen LogP contribution is 2.33. The van der Waals surface area contributed by atoms with E-state index in [2.05, 4.69) is 19.3 Å². The molecule has 3 aromatic heterocycles. The normalized spacial score (nSPS) is 17.7. The molecule has 4 heterocycles. The second kappa shape index (κ2) is 8.50. The zero-order valence-electron chi connectivity index (χ0n) is 19.7. The summed E-state index contributed by atoms with van der Waals surface area (Å²) in [6.45, 7) is 5.22. The Labute approximate surface area is 197 Å². The van der Waals surface area contributed by atoms with Gasteiger partial charge in [0.25, 0.3) is 0 Å². The molecule has 0 spiro atoms. The first-order valence-electron chi connectivity index (χ1n) is 11.5. The number of imidazole rings is 1. The molecule has 5 rings (SSSR count). The number of piperazine rings is 1. The van der Waals surface area contributed by atoms with Gasteiger partial charge in [0, 0.05) is 37.8 Å². The number of carbonyl (C=O) groups excluding carboxylic acids is 1. The molecule has 1 aliphatic rings. The Morgan fingerprint density at radius 2 is 1.94 bits per heavy atom. The van der Waals surface area contributed by atoms with Gasteiger partial charge in [-0.15, -0.1) is 0 Å². The van der Waals surface area contributed by atoms with Crippen LogP contribution in [0.4, 0.5) is 0 Å². The molecule has 1 fully saturated rings. The third-order valence-electron chi connectivity index (χ3n) is 6.69. The topological polar surface area (TPSA) is 110 Å². The van der Waals surface area contributed by atoms with Crippen LogP contribution in [0.2, 0.25) is 0 Å². The maximum absolute atomic E-state index is 12.5. The van der Waals surface area contributed by atoms with Gasteiger partial charge in [-0.3, -0.25) is 14.1 Å². The second-order valence-corrected chi connectivity index (χ2v) is 9.46. The standard InChI is InChI=1S/C25H30N6O3/c1-25(2,34)17-6-4-16(5-7-17)22-19-14-27-23-18(8-10-26-23)31(19)24(28-22)20-15-30(12-11-29(20)3)21(33)9-13-32/h4-8,10,14,20,26,32,34H,9,11-13,15H2,1-3H3. The Balaban J connectivity index is 1.65. The first kappa shape index (κ1) is 22.5. The number of nitrogens with zero attached hydrogens (tertiary/aromatic N) is 5. The third kappa shape index (κ3) is 3.85. The number of aliphatic hydroxyl groups is 2. The van der Waals surface area contributed by atoms with Crippen molar-refractivity contribution in [1.29, 1.82) is 0 Å². The molecule has 1 amide bonds. The molecule has 9 heteroatoms. The van der Waals surface area contributed by atoms with Crippen molar-refractivity contribution in [2.45, 2.75) is 31.9 Å². The van der Waals surface area contributed by atoms with Crippen molar-refractivity contribution in [2.24, 2.45) is 0 Å². The fourth-order valence-corrected chi connectivity index (χ4v) is 4.69. The van der Waals surface area contributed by atoms with Gasteiger partial charge in [0.05, 0.1) is 41.2 Å². The van der Waals surface area contributed by atoms with Crippen LogP contribution in [0.15, 0.2) is 42.7 Å². The van der Waals surface area contributed by atoms with E-state index in [0.717, 1.165) is 39.3 Å². The second-order valence-electron chi connectivity index (χ2n) is 9.46. The van der Waals surface area contributed by atoms with Crippen molar-refractivity contribution in [3.8, 4) is 11.3 Å². The number of aromatic nitrogens is 4. The van der Waals surface area contributed by atoms with Gasteiger partial charge in [-0.25, -0.2) is 9.97 Å². The smallest absolute Gasteiger partial charge is 0.224 e. The minimum atomic E-state index is -0.922. The van der Waals surface area contributed by atoms with Gasteiger partial charge in [0.1, 0.15) is 5.82 Å². The largest absolute Gasteiger partial charge is 0.396 e. The molecular weight excluding hydrogens is 432 g/mol. The number of likely N-dealkylation sites (N-methyl/N-ethyl adjacent to an activating group) is 1. The number of H-pyrrole nitrogens is 1. The summed E-state index contributed by atoms with van der Waals surface area (Å²) in [6.07, 6.45) is 3.82. The Hall–Kier alpha value is -3.27. The molecular formula is C25H30N6O3. The van der Waals surface area contributed by atoms with Crippen LogP contribution in [0.1, 0.15) is 37.7 Å². The number of carbonyl (C=O) groups is 1. The summed E-state index contributed by atoms with van der Waals surface area (Å²) < 4.78 is 2.12. The monoisotopic (exact) mass is 462 g/mol. The summed E-state index contributed by atoms with van der Waals surface area (Å²) in [5.41, 5.74) is 4.21. The number of hydrogen-bond donors (Lipinski definition) is 3. The SMILES string of the molecule is CN1CCN(C(=O)CCO)CC1c1nc(-c2ccc(C(C)(C)O)cc2)c2cnc3[nH]ccc3n12. The minimum absolute atomic E-state index is 0.0441. The molecule has 178 valence electrons. The van der Waals surface area contributed by atoms with Crippen molar-refractivity contribution < 1.29 is 15.0 Å². The number of fused-ring (bicyclic) bond motifs is 3. The molecule has 1 aromatic carbocycles. The van der Waals surface area contributed by atoms with Crippen LogP contribution in [0.5, 0.6) is 0 Å². The summed E-state index contributed by atoms with van der Waals surface area (Å²) in [5.74, 6) is 0.796. The molecule has 1 unspecified atom stereocenters. The maximum Gasteiger partial charge on any atom is 0.224 e. The van der Waals surface area contributed by atoms with Crippen LogP contribution in [0, 0.1) is 0 Å². The molecule has 4 aromatic rings. The van der Waals surface area contributed by atoms with E-state index in [-0.39, 0.29) is 25.0 Å². The van der Waals surface area contributed by atoms with Crippen molar-refractivity contribution in [3.63, 3.8) is 0 Å². The van der Waals surface area contributed by atoms with Gasteiger partial charge in [-0.1, -0.05) is 24.3 Å². The fraction of sp³-hybridized carbons (Fsp3) is 0.400. The van der Waals surface area contributed by atoms with Crippen LogP contribution < -0.4 is 0 Å². The Bertz CT molecular complexity index is 1330. The van der Waals surface area contributed by atoms with Crippen LogP contribution in [0.3, 0.4) is 0 Å². The van der Waals surface area contributed by atoms with Gasteiger partial charge in [-0.2, -0.15) is 0 Å². The van der Waals surface area contributed by atoms with Gasteiger partial charge < -0.3 is 20.1 Å². The Morgan fingerprint density at radius 3 is 2.65 bits per heavy atom. The first-order chi connectivity index (χ1) is 16.3. The first-order valence-corrected chi connectivity index (χ1v) is 11.5. The fourth-order valence-electron chi connectivity index (χ4n) is 4.69. The lowest BCUT2D eigenvalue weighted by Crippen LogP contribution is -2.49. The van der Waals surface area contributed by atoms with E-state index in [4.69, 9.17) is 4.98 Å². The predicted octanol–water partition coefficient (Wildman–Crippen LogP) is 2.30. The van der Waals surface area contributed by atoms with Crippen LogP contribution in [-0.4, -0.2) is 78.6 Å². The summed E-state index contributed by atoms with van der Waals surface area (Å²) >= 11 is 0. The molecule has 3 N–H and O–H groups in total. The van der Waals surface area contributed by atoms with E-state index in [1.54, 1.807) is 13.8 Å². The highest BCUT2D eigenvalue weighted by molar-refractivity contribution is 5.84. The van der Waals surface area contributed by atoms with Crippen molar-refractivity contribution >= 4 is 22.6 Å². The van der Waals surface area contributed by atoms with Gasteiger partial charge >= 0.3 is 0 Å². The number of benzene rings is 1. The van der Waals surface area contributed by atoms with Crippen molar-refractivity contribution in [1.82, 2.24) is 29.2 Å². The van der Waals surface area contributed by atoms with Crippen molar-refractivity contribution in [3.05, 3.63) is 54.1 Å². The third-order valence-corrected chi connectivity index (χ3v) is 6.69. The van der Waals surface area contributed by atoms with Crippen LogP contribution >= 0.6 is 0 Å². The number of aromatic amines is 1. The maximum atomic E-state index is 12.5. The predicted molar refractivity (Wildman–Crippen MR) is 129 cm³/mol. The zero-order chi connectivity index (χ0) is 24.0. The van der Waals surface area contributed by atoms with Gasteiger partial charge in [0.2, 0.25) is 5.91 Å². The average molecular weight is 463 g/mol. The molecule has 0 aliphatic carbocycles. The lowest BCUT2D eigenvalue weighted by Gasteiger charge is -2.38. The van der Waals surface area contributed by atoms with E-state index < -0.39 is 5.60 Å². The molecule has 1 saturated heterocycles. The summed E-state index contributed by atoms with van der Waals surface area (Å²) in [6, 6.07) is 9.66. The van der Waals surface area contributed by atoms with Crippen LogP contribution in [-0.2, 0) is 10.4 Å². The van der Waals surface area contributed by atoms with E-state index in [0.29, 0.717) is 19.6 Å². The zero-order valence-corrected chi connectivity index (χ0v) is 19.7. The summed E-state index contributed by atoms with van der Waals surface area (Å²) in [5, 5.41) is 19.6. The summed E-state index contributed by atoms with van der Waals surface area (Å²) in [4.78, 5) is 29.5. The quantitative estimate of drug-likeness (QED) is 0.420. The molecule has 1 atom stereocenters. The molecule has 9 nitrogen and oxygen atoms in total. The van der Waals surface area contributed by atoms with E-state index >= 15 is 0 Å². The minimum Gasteiger partial charge on any atom is -0.396 e. The summed E-state index contributed by atoms with van der Waals surface area (Å²) in [7, 11) is 2.05. The van der Waals surface area contributed by atoms with Crippen molar-refractivity contribution in [2.75, 3.05) is 33.3 Å². The van der Waals surface area contributed by atoms with Crippen LogP contribution in [0.25, 0.3) is 27.9 Å². The highest BCUT2D eigenvalue weighted by atomic mass is 16.3. The number of aliphatic hydroxyl groups excluding tert-OH is 1. The Kier molecular flexibility index (Phi) is 5.63. The van der Waals surface area contributed by atoms with Gasteiger partial charge in [-0.05, 0) is 32.5 Å². The van der Waals surface area contributed by atoms with Gasteiger partial charge in [0.15, 0.2) is 5.65 Å². The molecule has 0 radical (unpaired) electrons. The molecule has 34 heavy (non-hydrogen) atoms. The lowest BCUT2D eigenvalue weighted by molar-refractivity contribution is -0.134.